The highest BCUT2D eigenvalue weighted by Gasteiger charge is 2.10. The summed E-state index contributed by atoms with van der Waals surface area (Å²) >= 11 is 1.34. The molecule has 0 saturated heterocycles. The van der Waals surface area contributed by atoms with E-state index in [9.17, 15) is 4.79 Å². The zero-order valence-corrected chi connectivity index (χ0v) is 11.9. The standard InChI is InChI=1S/C16H13N3OS/c20-16(18-19-21-13-7-2-1-3-8-13)15-14-9-5-4-6-12(14)10-11-17-15/h1-11,19H,(H,18,20). The lowest BCUT2D eigenvalue weighted by atomic mass is 10.1. The molecule has 2 aromatic carbocycles. The maximum Gasteiger partial charge on any atom is 0.285 e. The first-order chi connectivity index (χ1) is 10.3. The number of carbonyl (C=O) groups excluding carboxylic acids is 1. The molecule has 4 nitrogen and oxygen atoms in total. The number of nitrogens with zero attached hydrogens (tertiary/aromatic N) is 1. The number of rotatable bonds is 4. The van der Waals surface area contributed by atoms with Crippen LogP contribution in [0.15, 0.2) is 71.8 Å². The van der Waals surface area contributed by atoms with Crippen molar-refractivity contribution in [1.29, 1.82) is 0 Å². The molecule has 0 aliphatic carbocycles. The van der Waals surface area contributed by atoms with Crippen LogP contribution < -0.4 is 10.3 Å². The molecule has 0 saturated carbocycles. The van der Waals surface area contributed by atoms with E-state index < -0.39 is 0 Å². The Balaban J connectivity index is 1.70. The number of carbonyl (C=O) groups is 1. The highest BCUT2D eigenvalue weighted by Crippen LogP contribution is 2.16. The molecular weight excluding hydrogens is 282 g/mol. The summed E-state index contributed by atoms with van der Waals surface area (Å²) in [4.78, 5) is 20.2. The third-order valence-electron chi connectivity index (χ3n) is 2.97. The van der Waals surface area contributed by atoms with Crippen LogP contribution in [0.3, 0.4) is 0 Å². The molecule has 1 amide bonds. The van der Waals surface area contributed by atoms with Gasteiger partial charge in [-0.05, 0) is 35.5 Å². The second kappa shape index (κ2) is 6.39. The molecule has 0 aliphatic rings. The summed E-state index contributed by atoms with van der Waals surface area (Å²) in [5, 5.41) is 1.83. The summed E-state index contributed by atoms with van der Waals surface area (Å²) in [7, 11) is 0. The average Bonchev–Trinajstić information content (AvgIpc) is 2.55. The van der Waals surface area contributed by atoms with E-state index in [-0.39, 0.29) is 5.91 Å². The van der Waals surface area contributed by atoms with Gasteiger partial charge in [0.05, 0.1) is 0 Å². The lowest BCUT2D eigenvalue weighted by Crippen LogP contribution is -2.33. The Hall–Kier alpha value is -2.37. The maximum atomic E-state index is 12.2. The van der Waals surface area contributed by atoms with Crippen molar-refractivity contribution in [2.45, 2.75) is 4.90 Å². The van der Waals surface area contributed by atoms with Gasteiger partial charge in [0, 0.05) is 16.5 Å². The molecule has 21 heavy (non-hydrogen) atoms. The van der Waals surface area contributed by atoms with E-state index in [1.807, 2.05) is 60.7 Å². The van der Waals surface area contributed by atoms with Crippen LogP contribution in [0.5, 0.6) is 0 Å². The Morgan fingerprint density at radius 2 is 1.71 bits per heavy atom. The molecule has 0 radical (unpaired) electrons. The van der Waals surface area contributed by atoms with Crippen LogP contribution in [-0.2, 0) is 0 Å². The van der Waals surface area contributed by atoms with Crippen LogP contribution in [0.25, 0.3) is 10.8 Å². The van der Waals surface area contributed by atoms with E-state index >= 15 is 0 Å². The van der Waals surface area contributed by atoms with E-state index in [4.69, 9.17) is 0 Å². The van der Waals surface area contributed by atoms with Crippen molar-refractivity contribution in [2.75, 3.05) is 0 Å². The molecule has 3 aromatic rings. The molecule has 0 bridgehead atoms. The van der Waals surface area contributed by atoms with Gasteiger partial charge in [-0.15, -0.1) is 0 Å². The molecule has 1 aromatic heterocycles. The Morgan fingerprint density at radius 1 is 0.952 bits per heavy atom. The van der Waals surface area contributed by atoms with Crippen LogP contribution in [-0.4, -0.2) is 10.9 Å². The molecule has 0 atom stereocenters. The van der Waals surface area contributed by atoms with Crippen molar-refractivity contribution in [3.05, 3.63) is 72.6 Å². The SMILES string of the molecule is O=C(NNSc1ccccc1)c1nccc2ccccc12. The molecule has 2 N–H and O–H groups in total. The number of pyridine rings is 1. The van der Waals surface area contributed by atoms with Crippen LogP contribution in [0.4, 0.5) is 0 Å². The second-order valence-corrected chi connectivity index (χ2v) is 5.23. The third-order valence-corrected chi connectivity index (χ3v) is 3.68. The molecule has 0 fully saturated rings. The quantitative estimate of drug-likeness (QED) is 0.573. The molecule has 3 rings (SSSR count). The van der Waals surface area contributed by atoms with Crippen molar-refractivity contribution in [1.82, 2.24) is 15.2 Å². The van der Waals surface area contributed by atoms with Crippen LogP contribution >= 0.6 is 11.9 Å². The van der Waals surface area contributed by atoms with Crippen molar-refractivity contribution in [2.24, 2.45) is 0 Å². The van der Waals surface area contributed by atoms with Gasteiger partial charge in [-0.1, -0.05) is 42.5 Å². The van der Waals surface area contributed by atoms with Gasteiger partial charge in [0.2, 0.25) is 0 Å². The van der Waals surface area contributed by atoms with Crippen molar-refractivity contribution >= 4 is 28.6 Å². The van der Waals surface area contributed by atoms with Crippen LogP contribution in [0.2, 0.25) is 0 Å². The van der Waals surface area contributed by atoms with Gasteiger partial charge in [0.1, 0.15) is 5.69 Å². The minimum atomic E-state index is -0.254. The Labute approximate surface area is 126 Å². The van der Waals surface area contributed by atoms with Crippen molar-refractivity contribution < 1.29 is 4.79 Å². The fraction of sp³-hybridized carbons (Fsp3) is 0. The second-order valence-electron chi connectivity index (χ2n) is 4.35. The van der Waals surface area contributed by atoms with E-state index in [1.54, 1.807) is 6.20 Å². The topological polar surface area (TPSA) is 54.0 Å². The number of hydrazine groups is 1. The number of aromatic nitrogens is 1. The van der Waals surface area contributed by atoms with Gasteiger partial charge < -0.3 is 0 Å². The first-order valence-electron chi connectivity index (χ1n) is 6.45. The summed E-state index contributed by atoms with van der Waals surface area (Å²) in [5.41, 5.74) is 3.06. The van der Waals surface area contributed by atoms with Gasteiger partial charge in [-0.3, -0.25) is 15.2 Å². The number of hydrogen-bond donors (Lipinski definition) is 2. The normalized spacial score (nSPS) is 10.5. The summed E-state index contributed by atoms with van der Waals surface area (Å²) in [6.07, 6.45) is 1.64. The lowest BCUT2D eigenvalue weighted by Gasteiger charge is -2.07. The predicted octanol–water partition coefficient (Wildman–Crippen LogP) is 3.18. The van der Waals surface area contributed by atoms with Gasteiger partial charge in [-0.25, -0.2) is 0 Å². The summed E-state index contributed by atoms with van der Waals surface area (Å²) < 4.78 is 0. The van der Waals surface area contributed by atoms with Gasteiger partial charge >= 0.3 is 0 Å². The highest BCUT2D eigenvalue weighted by atomic mass is 32.2. The number of fused-ring (bicyclic) bond motifs is 1. The van der Waals surface area contributed by atoms with Crippen molar-refractivity contribution in [3.8, 4) is 0 Å². The number of amides is 1. The zero-order valence-electron chi connectivity index (χ0n) is 11.1. The summed E-state index contributed by atoms with van der Waals surface area (Å²) in [6.45, 7) is 0. The van der Waals surface area contributed by atoms with Gasteiger partial charge in [-0.2, -0.15) is 4.83 Å². The molecule has 104 valence electrons. The highest BCUT2D eigenvalue weighted by molar-refractivity contribution is 7.97. The first kappa shape index (κ1) is 13.6. The lowest BCUT2D eigenvalue weighted by molar-refractivity contribution is 0.0944. The van der Waals surface area contributed by atoms with Crippen molar-refractivity contribution in [3.63, 3.8) is 0 Å². The first-order valence-corrected chi connectivity index (χ1v) is 7.27. The zero-order chi connectivity index (χ0) is 14.5. The summed E-state index contributed by atoms with van der Waals surface area (Å²) in [5.74, 6) is -0.254. The largest absolute Gasteiger partial charge is 0.285 e. The Morgan fingerprint density at radius 3 is 2.57 bits per heavy atom. The van der Waals surface area contributed by atoms with Gasteiger partial charge in [0.15, 0.2) is 0 Å². The summed E-state index contributed by atoms with van der Waals surface area (Å²) in [6, 6.07) is 19.3. The van der Waals surface area contributed by atoms with Crippen LogP contribution in [0.1, 0.15) is 10.5 Å². The Bertz CT molecular complexity index is 756. The molecule has 0 spiro atoms. The number of benzene rings is 2. The number of hydrogen-bond acceptors (Lipinski definition) is 4. The van der Waals surface area contributed by atoms with Gasteiger partial charge in [0.25, 0.3) is 5.91 Å². The van der Waals surface area contributed by atoms with E-state index in [1.165, 1.54) is 11.9 Å². The van der Waals surface area contributed by atoms with E-state index in [0.717, 1.165) is 15.7 Å². The smallest absolute Gasteiger partial charge is 0.276 e. The van der Waals surface area contributed by atoms with Crippen LogP contribution in [0, 0.1) is 0 Å². The minimum absolute atomic E-state index is 0.254. The molecule has 0 unspecified atom stereocenters. The number of nitrogens with one attached hydrogen (secondary N) is 2. The third kappa shape index (κ3) is 3.21. The Kier molecular flexibility index (Phi) is 4.14. The molecule has 0 aliphatic heterocycles. The predicted molar refractivity (Wildman–Crippen MR) is 84.6 cm³/mol. The fourth-order valence-corrected chi connectivity index (χ4v) is 2.53. The minimum Gasteiger partial charge on any atom is -0.276 e. The average molecular weight is 295 g/mol. The monoisotopic (exact) mass is 295 g/mol. The molecule has 5 heteroatoms. The maximum absolute atomic E-state index is 12.2. The van der Waals surface area contributed by atoms with E-state index in [0.29, 0.717) is 5.69 Å². The molecule has 1 heterocycles. The fourth-order valence-electron chi connectivity index (χ4n) is 1.98. The molecular formula is C16H13N3OS. The van der Waals surface area contributed by atoms with E-state index in [2.05, 4.69) is 15.2 Å².